The molecule has 0 aromatic rings. The zero-order valence-electron chi connectivity index (χ0n) is 9.66. The Hall–Kier alpha value is -1.20. The molecule has 16 heavy (non-hydrogen) atoms. The highest BCUT2D eigenvalue weighted by Crippen LogP contribution is 2.15. The standard InChI is InChI=1S/C11H18N2O3/c1-8(14)3-4-10(12-2)7-9-5-6-16-13-11(9)15/h3-4,9-10,12H,5-7H2,1-2H3,(H,13,15)/b4-3+. The van der Waals surface area contributed by atoms with Gasteiger partial charge in [0.25, 0.3) is 0 Å². The van der Waals surface area contributed by atoms with E-state index in [4.69, 9.17) is 4.84 Å². The van der Waals surface area contributed by atoms with Gasteiger partial charge < -0.3 is 5.32 Å². The molecular weight excluding hydrogens is 208 g/mol. The van der Waals surface area contributed by atoms with Gasteiger partial charge in [0.1, 0.15) is 0 Å². The lowest BCUT2D eigenvalue weighted by atomic mass is 9.95. The third kappa shape index (κ3) is 4.12. The maximum Gasteiger partial charge on any atom is 0.246 e. The highest BCUT2D eigenvalue weighted by molar-refractivity contribution is 5.87. The molecule has 5 heteroatoms. The predicted molar refractivity (Wildman–Crippen MR) is 59.5 cm³/mol. The second-order valence-electron chi connectivity index (χ2n) is 3.90. The number of hydrogen-bond acceptors (Lipinski definition) is 4. The number of likely N-dealkylation sites (N-methyl/N-ethyl adjacent to an activating group) is 1. The number of amides is 1. The monoisotopic (exact) mass is 226 g/mol. The minimum Gasteiger partial charge on any atom is -0.314 e. The van der Waals surface area contributed by atoms with E-state index in [9.17, 15) is 9.59 Å². The van der Waals surface area contributed by atoms with E-state index in [1.54, 1.807) is 6.08 Å². The van der Waals surface area contributed by atoms with E-state index < -0.39 is 0 Å². The summed E-state index contributed by atoms with van der Waals surface area (Å²) >= 11 is 0. The molecular formula is C11H18N2O3. The molecule has 2 N–H and O–H groups in total. The number of hydrogen-bond donors (Lipinski definition) is 2. The molecule has 1 amide bonds. The molecule has 0 aromatic carbocycles. The normalized spacial score (nSPS) is 23.1. The van der Waals surface area contributed by atoms with Crippen molar-refractivity contribution in [1.82, 2.24) is 10.8 Å². The molecule has 2 unspecified atom stereocenters. The van der Waals surface area contributed by atoms with Crippen molar-refractivity contribution in [3.63, 3.8) is 0 Å². The van der Waals surface area contributed by atoms with E-state index in [0.717, 1.165) is 6.42 Å². The van der Waals surface area contributed by atoms with E-state index in [1.807, 2.05) is 7.05 Å². The molecule has 1 heterocycles. The Kier molecular flexibility index (Phi) is 5.14. The molecule has 2 atom stereocenters. The molecule has 0 aromatic heterocycles. The van der Waals surface area contributed by atoms with Gasteiger partial charge >= 0.3 is 0 Å². The van der Waals surface area contributed by atoms with Gasteiger partial charge in [-0.3, -0.25) is 14.4 Å². The first-order chi connectivity index (χ1) is 7.63. The van der Waals surface area contributed by atoms with Crippen LogP contribution in [0.1, 0.15) is 19.8 Å². The summed E-state index contributed by atoms with van der Waals surface area (Å²) in [7, 11) is 1.81. The van der Waals surface area contributed by atoms with Crippen LogP contribution in [0.3, 0.4) is 0 Å². The van der Waals surface area contributed by atoms with Crippen molar-refractivity contribution in [1.29, 1.82) is 0 Å². The van der Waals surface area contributed by atoms with Gasteiger partial charge in [-0.15, -0.1) is 0 Å². The number of ketones is 1. The molecule has 0 bridgehead atoms. The van der Waals surface area contributed by atoms with Crippen LogP contribution in [0, 0.1) is 5.92 Å². The quantitative estimate of drug-likeness (QED) is 0.656. The lowest BCUT2D eigenvalue weighted by Gasteiger charge is -2.24. The van der Waals surface area contributed by atoms with Crippen LogP contribution in [-0.4, -0.2) is 31.4 Å². The second kappa shape index (κ2) is 6.40. The lowest BCUT2D eigenvalue weighted by Crippen LogP contribution is -2.40. The van der Waals surface area contributed by atoms with E-state index >= 15 is 0 Å². The van der Waals surface area contributed by atoms with Crippen LogP contribution in [-0.2, 0) is 14.4 Å². The largest absolute Gasteiger partial charge is 0.314 e. The van der Waals surface area contributed by atoms with E-state index in [1.165, 1.54) is 13.0 Å². The molecule has 0 spiro atoms. The van der Waals surface area contributed by atoms with E-state index in [-0.39, 0.29) is 23.7 Å². The maximum atomic E-state index is 11.4. The minimum atomic E-state index is -0.0808. The first-order valence-corrected chi connectivity index (χ1v) is 5.41. The third-order valence-electron chi connectivity index (χ3n) is 2.58. The Morgan fingerprint density at radius 2 is 2.50 bits per heavy atom. The number of carbonyl (C=O) groups is 2. The van der Waals surface area contributed by atoms with Crippen LogP contribution in [0.5, 0.6) is 0 Å². The van der Waals surface area contributed by atoms with Crippen molar-refractivity contribution >= 4 is 11.7 Å². The van der Waals surface area contributed by atoms with Gasteiger partial charge in [0.05, 0.1) is 6.61 Å². The second-order valence-corrected chi connectivity index (χ2v) is 3.90. The van der Waals surface area contributed by atoms with Gasteiger partial charge in [-0.2, -0.15) is 0 Å². The summed E-state index contributed by atoms with van der Waals surface area (Å²) in [6.07, 6.45) is 4.72. The van der Waals surface area contributed by atoms with Crippen molar-refractivity contribution in [2.75, 3.05) is 13.7 Å². The van der Waals surface area contributed by atoms with Crippen molar-refractivity contribution in [2.45, 2.75) is 25.8 Å². The summed E-state index contributed by atoms with van der Waals surface area (Å²) in [6.45, 7) is 2.05. The lowest BCUT2D eigenvalue weighted by molar-refractivity contribution is -0.145. The number of nitrogens with one attached hydrogen (secondary N) is 2. The Bertz CT molecular complexity index is 289. The Morgan fingerprint density at radius 3 is 3.06 bits per heavy atom. The van der Waals surface area contributed by atoms with Crippen LogP contribution in [0.15, 0.2) is 12.2 Å². The average Bonchev–Trinajstić information content (AvgIpc) is 2.26. The topological polar surface area (TPSA) is 67.4 Å². The molecule has 1 fully saturated rings. The number of allylic oxidation sites excluding steroid dienone is 1. The first-order valence-electron chi connectivity index (χ1n) is 5.41. The predicted octanol–water partition coefficient (Wildman–Crippen LogP) is 0.177. The summed E-state index contributed by atoms with van der Waals surface area (Å²) < 4.78 is 0. The van der Waals surface area contributed by atoms with Gasteiger partial charge in [-0.25, -0.2) is 5.48 Å². The summed E-state index contributed by atoms with van der Waals surface area (Å²) in [5.41, 5.74) is 2.37. The minimum absolute atomic E-state index is 0.0108. The summed E-state index contributed by atoms with van der Waals surface area (Å²) in [4.78, 5) is 27.1. The Labute approximate surface area is 95.2 Å². The van der Waals surface area contributed by atoms with Crippen LogP contribution in [0.2, 0.25) is 0 Å². The molecule has 0 saturated carbocycles. The van der Waals surface area contributed by atoms with Gasteiger partial charge in [-0.05, 0) is 32.9 Å². The van der Waals surface area contributed by atoms with Crippen molar-refractivity contribution in [3.8, 4) is 0 Å². The highest BCUT2D eigenvalue weighted by Gasteiger charge is 2.24. The smallest absolute Gasteiger partial charge is 0.246 e. The van der Waals surface area contributed by atoms with E-state index in [0.29, 0.717) is 13.0 Å². The van der Waals surface area contributed by atoms with Crippen molar-refractivity contribution < 1.29 is 14.4 Å². The Morgan fingerprint density at radius 1 is 1.75 bits per heavy atom. The molecule has 5 nitrogen and oxygen atoms in total. The molecule has 1 aliphatic heterocycles. The first kappa shape index (κ1) is 12.9. The molecule has 1 saturated heterocycles. The number of rotatable bonds is 5. The molecule has 1 aliphatic rings. The van der Waals surface area contributed by atoms with Crippen molar-refractivity contribution in [2.24, 2.45) is 5.92 Å². The fourth-order valence-electron chi connectivity index (χ4n) is 1.61. The average molecular weight is 226 g/mol. The van der Waals surface area contributed by atoms with Gasteiger partial charge in [0.15, 0.2) is 5.78 Å². The summed E-state index contributed by atoms with van der Waals surface area (Å²) in [6, 6.07) is 0.0396. The van der Waals surface area contributed by atoms with Crippen LogP contribution in [0.25, 0.3) is 0 Å². The SMILES string of the molecule is CNC(/C=C/C(C)=O)CC1CCONC1=O. The fraction of sp³-hybridized carbons (Fsp3) is 0.636. The summed E-state index contributed by atoms with van der Waals surface area (Å²) in [5.74, 6) is -0.123. The van der Waals surface area contributed by atoms with Crippen molar-refractivity contribution in [3.05, 3.63) is 12.2 Å². The highest BCUT2D eigenvalue weighted by atomic mass is 16.7. The molecule has 0 aliphatic carbocycles. The Balaban J connectivity index is 2.48. The maximum absolute atomic E-state index is 11.4. The van der Waals surface area contributed by atoms with Crippen LogP contribution < -0.4 is 10.8 Å². The third-order valence-corrected chi connectivity index (χ3v) is 2.58. The molecule has 90 valence electrons. The number of hydroxylamine groups is 1. The zero-order chi connectivity index (χ0) is 12.0. The van der Waals surface area contributed by atoms with Gasteiger partial charge in [-0.1, -0.05) is 6.08 Å². The van der Waals surface area contributed by atoms with E-state index in [2.05, 4.69) is 10.8 Å². The van der Waals surface area contributed by atoms with Crippen LogP contribution >= 0.6 is 0 Å². The fourth-order valence-corrected chi connectivity index (χ4v) is 1.61. The zero-order valence-corrected chi connectivity index (χ0v) is 9.66. The number of carbonyl (C=O) groups excluding carboxylic acids is 2. The molecule has 0 radical (unpaired) electrons. The van der Waals surface area contributed by atoms with Crippen LogP contribution in [0.4, 0.5) is 0 Å². The van der Waals surface area contributed by atoms with Gasteiger partial charge in [0, 0.05) is 12.0 Å². The molecule has 1 rings (SSSR count). The summed E-state index contributed by atoms with van der Waals surface area (Å²) in [5, 5.41) is 3.07. The van der Waals surface area contributed by atoms with Gasteiger partial charge in [0.2, 0.25) is 5.91 Å².